The lowest BCUT2D eigenvalue weighted by Crippen LogP contribution is -2.47. The van der Waals surface area contributed by atoms with Gasteiger partial charge in [0.05, 0.1) is 16.8 Å². The summed E-state index contributed by atoms with van der Waals surface area (Å²) in [5.74, 6) is 0.838. The van der Waals surface area contributed by atoms with Gasteiger partial charge in [0.15, 0.2) is 5.82 Å². The maximum atomic E-state index is 13.3. The van der Waals surface area contributed by atoms with E-state index in [-0.39, 0.29) is 11.3 Å². The zero-order valence-corrected chi connectivity index (χ0v) is 14.9. The number of halogens is 3. The van der Waals surface area contributed by atoms with Crippen LogP contribution in [0.25, 0.3) is 11.3 Å². The van der Waals surface area contributed by atoms with E-state index in [1.807, 2.05) is 0 Å². The molecule has 1 N–H and O–H groups in total. The summed E-state index contributed by atoms with van der Waals surface area (Å²) in [7, 11) is 2.10. The van der Waals surface area contributed by atoms with Gasteiger partial charge in [0.1, 0.15) is 5.75 Å². The Labute approximate surface area is 155 Å². The van der Waals surface area contributed by atoms with Crippen LogP contribution in [0.15, 0.2) is 30.3 Å². The zero-order valence-electron chi connectivity index (χ0n) is 14.9. The third kappa shape index (κ3) is 3.34. The Morgan fingerprint density at radius 3 is 2.56 bits per heavy atom. The van der Waals surface area contributed by atoms with Crippen LogP contribution in [0.5, 0.6) is 5.75 Å². The fourth-order valence-electron chi connectivity index (χ4n) is 4.24. The normalized spacial score (nSPS) is 23.5. The van der Waals surface area contributed by atoms with E-state index in [0.717, 1.165) is 38.5 Å². The first-order valence-electron chi connectivity index (χ1n) is 9.03. The number of hydrogen-bond acceptors (Lipinski definition) is 5. The van der Waals surface area contributed by atoms with Crippen molar-refractivity contribution >= 4 is 5.82 Å². The Hall–Kier alpha value is -2.35. The summed E-state index contributed by atoms with van der Waals surface area (Å²) in [5.41, 5.74) is -1.24. The molecule has 0 saturated carbocycles. The van der Waals surface area contributed by atoms with Crippen molar-refractivity contribution in [2.24, 2.45) is 5.92 Å². The number of likely N-dealkylation sites (tertiary alicyclic amines) is 1. The third-order valence-electron chi connectivity index (χ3n) is 5.61. The molecule has 2 atom stereocenters. The van der Waals surface area contributed by atoms with E-state index in [1.54, 1.807) is 6.07 Å². The summed E-state index contributed by atoms with van der Waals surface area (Å²) in [6.45, 7) is 2.92. The number of piperidine rings is 1. The highest BCUT2D eigenvalue weighted by Gasteiger charge is 2.38. The number of benzene rings is 1. The van der Waals surface area contributed by atoms with Gasteiger partial charge in [-0.1, -0.05) is 6.07 Å². The van der Waals surface area contributed by atoms with Crippen LogP contribution >= 0.6 is 0 Å². The molecule has 0 unspecified atom stereocenters. The lowest BCUT2D eigenvalue weighted by Gasteiger charge is -2.36. The maximum Gasteiger partial charge on any atom is 0.417 e. The number of phenolic OH excluding ortho intramolecular Hbond substituents is 1. The zero-order chi connectivity index (χ0) is 19.2. The standard InChI is InChI=1S/C19H21F3N4O/c1-25-9-7-12-8-10-26(15(12)11-25)17-6-5-14(23-24-17)18-13(19(20,21)22)3-2-4-16(18)27/h2-6,12,15,27H,7-11H2,1H3/t12-,15-/m0/s1. The van der Waals surface area contributed by atoms with Crippen LogP contribution in [0.4, 0.5) is 19.0 Å². The average molecular weight is 378 g/mol. The molecule has 0 amide bonds. The first-order chi connectivity index (χ1) is 12.8. The van der Waals surface area contributed by atoms with E-state index in [4.69, 9.17) is 0 Å². The molecule has 0 spiro atoms. The maximum absolute atomic E-state index is 13.3. The van der Waals surface area contributed by atoms with Gasteiger partial charge in [0.2, 0.25) is 0 Å². The van der Waals surface area contributed by atoms with Gasteiger partial charge < -0.3 is 14.9 Å². The predicted molar refractivity (Wildman–Crippen MR) is 95.5 cm³/mol. The van der Waals surface area contributed by atoms with Crippen LogP contribution in [-0.4, -0.2) is 52.9 Å². The van der Waals surface area contributed by atoms with Gasteiger partial charge in [-0.25, -0.2) is 0 Å². The minimum atomic E-state index is -4.58. The Morgan fingerprint density at radius 2 is 1.85 bits per heavy atom. The number of hydrogen-bond donors (Lipinski definition) is 1. The summed E-state index contributed by atoms with van der Waals surface area (Å²) in [5, 5.41) is 18.2. The highest BCUT2D eigenvalue weighted by molar-refractivity contribution is 5.71. The lowest BCUT2D eigenvalue weighted by molar-refractivity contribution is -0.137. The van der Waals surface area contributed by atoms with Crippen molar-refractivity contribution in [3.05, 3.63) is 35.9 Å². The van der Waals surface area contributed by atoms with Crippen molar-refractivity contribution in [1.82, 2.24) is 15.1 Å². The molecular weight excluding hydrogens is 357 g/mol. The Kier molecular flexibility index (Phi) is 4.46. The fraction of sp³-hybridized carbons (Fsp3) is 0.474. The van der Waals surface area contributed by atoms with Crippen molar-refractivity contribution < 1.29 is 18.3 Å². The second kappa shape index (κ2) is 6.67. The smallest absolute Gasteiger partial charge is 0.417 e. The van der Waals surface area contributed by atoms with Crippen LogP contribution < -0.4 is 4.90 Å². The van der Waals surface area contributed by atoms with E-state index in [0.29, 0.717) is 17.8 Å². The van der Waals surface area contributed by atoms with Crippen LogP contribution in [0.3, 0.4) is 0 Å². The molecule has 144 valence electrons. The van der Waals surface area contributed by atoms with E-state index in [2.05, 4.69) is 27.0 Å². The summed E-state index contributed by atoms with van der Waals surface area (Å²) in [6, 6.07) is 6.91. The summed E-state index contributed by atoms with van der Waals surface area (Å²) in [4.78, 5) is 4.49. The summed E-state index contributed by atoms with van der Waals surface area (Å²) >= 11 is 0. The molecule has 2 saturated heterocycles. The number of nitrogens with zero attached hydrogens (tertiary/aromatic N) is 4. The van der Waals surface area contributed by atoms with E-state index in [9.17, 15) is 18.3 Å². The molecule has 27 heavy (non-hydrogen) atoms. The number of alkyl halides is 3. The molecule has 2 aliphatic rings. The van der Waals surface area contributed by atoms with Crippen molar-refractivity contribution in [3.8, 4) is 17.0 Å². The van der Waals surface area contributed by atoms with Gasteiger partial charge in [0.25, 0.3) is 0 Å². The molecule has 5 nitrogen and oxygen atoms in total. The molecule has 1 aromatic heterocycles. The molecule has 2 aliphatic heterocycles. The lowest BCUT2D eigenvalue weighted by atomic mass is 9.92. The molecule has 2 fully saturated rings. The average Bonchev–Trinajstić information content (AvgIpc) is 3.04. The number of fused-ring (bicyclic) bond motifs is 1. The molecule has 3 heterocycles. The number of likely N-dealkylation sites (N-methyl/N-ethyl adjacent to an activating group) is 1. The van der Waals surface area contributed by atoms with Crippen molar-refractivity contribution in [1.29, 1.82) is 0 Å². The van der Waals surface area contributed by atoms with Gasteiger partial charge >= 0.3 is 6.18 Å². The Morgan fingerprint density at radius 1 is 1.07 bits per heavy atom. The van der Waals surface area contributed by atoms with Crippen LogP contribution in [-0.2, 0) is 6.18 Å². The largest absolute Gasteiger partial charge is 0.507 e. The molecule has 1 aromatic carbocycles. The minimum Gasteiger partial charge on any atom is -0.507 e. The SMILES string of the molecule is CN1CC[C@H]2CCN(c3ccc(-c4c(O)cccc4C(F)(F)F)nn3)[C@H]2C1. The van der Waals surface area contributed by atoms with Gasteiger partial charge in [0, 0.05) is 19.1 Å². The first kappa shape index (κ1) is 18.0. The quantitative estimate of drug-likeness (QED) is 0.868. The number of anilines is 1. The van der Waals surface area contributed by atoms with E-state index >= 15 is 0 Å². The van der Waals surface area contributed by atoms with Crippen LogP contribution in [0.2, 0.25) is 0 Å². The van der Waals surface area contributed by atoms with E-state index < -0.39 is 17.5 Å². The molecule has 0 radical (unpaired) electrons. The molecule has 0 bridgehead atoms. The van der Waals surface area contributed by atoms with Crippen LogP contribution in [0.1, 0.15) is 18.4 Å². The summed E-state index contributed by atoms with van der Waals surface area (Å²) in [6.07, 6.45) is -2.33. The molecular formula is C19H21F3N4O. The van der Waals surface area contributed by atoms with Gasteiger partial charge in [-0.3, -0.25) is 0 Å². The number of rotatable bonds is 2. The second-order valence-electron chi connectivity index (χ2n) is 7.33. The van der Waals surface area contributed by atoms with Crippen molar-refractivity contribution in [2.75, 3.05) is 31.6 Å². The van der Waals surface area contributed by atoms with Gasteiger partial charge in [-0.05, 0) is 56.6 Å². The van der Waals surface area contributed by atoms with E-state index in [1.165, 1.54) is 18.2 Å². The highest BCUT2D eigenvalue weighted by Crippen LogP contribution is 2.41. The topological polar surface area (TPSA) is 52.5 Å². The first-order valence-corrected chi connectivity index (χ1v) is 9.03. The molecule has 4 rings (SSSR count). The minimum absolute atomic E-state index is 0.0145. The molecule has 0 aliphatic carbocycles. The summed E-state index contributed by atoms with van der Waals surface area (Å²) < 4.78 is 39.9. The van der Waals surface area contributed by atoms with Crippen molar-refractivity contribution in [3.63, 3.8) is 0 Å². The monoisotopic (exact) mass is 378 g/mol. The van der Waals surface area contributed by atoms with Crippen molar-refractivity contribution in [2.45, 2.75) is 25.1 Å². The second-order valence-corrected chi connectivity index (χ2v) is 7.33. The van der Waals surface area contributed by atoms with Gasteiger partial charge in [-0.2, -0.15) is 13.2 Å². The third-order valence-corrected chi connectivity index (χ3v) is 5.61. The Bertz CT molecular complexity index is 825. The molecule has 2 aromatic rings. The Balaban J connectivity index is 1.64. The number of aromatic hydroxyl groups is 1. The fourth-order valence-corrected chi connectivity index (χ4v) is 4.24. The number of aromatic nitrogens is 2. The highest BCUT2D eigenvalue weighted by atomic mass is 19.4. The molecule has 8 heteroatoms. The van der Waals surface area contributed by atoms with Crippen LogP contribution in [0, 0.1) is 5.92 Å². The predicted octanol–water partition coefficient (Wildman–Crippen LogP) is 3.40. The van der Waals surface area contributed by atoms with Gasteiger partial charge in [-0.15, -0.1) is 10.2 Å². The number of phenols is 1.